The molecule has 0 saturated carbocycles. The van der Waals surface area contributed by atoms with Gasteiger partial charge in [-0.1, -0.05) is 0 Å². The van der Waals surface area contributed by atoms with Crippen molar-refractivity contribution in [3.63, 3.8) is 0 Å². The van der Waals surface area contributed by atoms with Crippen molar-refractivity contribution in [2.75, 3.05) is 14.2 Å². The average molecular weight is 315 g/mol. The second-order valence-corrected chi connectivity index (χ2v) is 3.63. The van der Waals surface area contributed by atoms with Crippen LogP contribution in [-0.2, 0) is 16.0 Å². The van der Waals surface area contributed by atoms with Crippen molar-refractivity contribution in [3.8, 4) is 11.6 Å². The molecule has 118 valence electrons. The lowest BCUT2D eigenvalue weighted by atomic mass is 10.1. The topological polar surface area (TPSA) is 57.7 Å². The Balaban J connectivity index is 3.37. The molecular formula is C11H10F5NO4. The number of ether oxygens (including phenoxy) is 3. The number of carbonyl (C=O) groups is 1. The largest absolute Gasteiger partial charge is 0.574 e. The van der Waals surface area contributed by atoms with Gasteiger partial charge in [0, 0.05) is 6.07 Å². The smallest absolute Gasteiger partial charge is 0.496 e. The van der Waals surface area contributed by atoms with Gasteiger partial charge in [0.25, 0.3) is 6.43 Å². The van der Waals surface area contributed by atoms with Gasteiger partial charge >= 0.3 is 12.3 Å². The molecule has 0 saturated heterocycles. The van der Waals surface area contributed by atoms with Crippen LogP contribution in [0.25, 0.3) is 0 Å². The molecule has 0 unspecified atom stereocenters. The number of methoxy groups -OCH3 is 2. The highest BCUT2D eigenvalue weighted by Crippen LogP contribution is 2.34. The van der Waals surface area contributed by atoms with Crippen LogP contribution in [0.2, 0.25) is 0 Å². The fourth-order valence-electron chi connectivity index (χ4n) is 1.41. The van der Waals surface area contributed by atoms with Crippen LogP contribution in [-0.4, -0.2) is 31.5 Å². The summed E-state index contributed by atoms with van der Waals surface area (Å²) in [5.41, 5.74) is -1.41. The first-order valence-corrected chi connectivity index (χ1v) is 5.36. The van der Waals surface area contributed by atoms with Gasteiger partial charge < -0.3 is 14.2 Å². The van der Waals surface area contributed by atoms with Gasteiger partial charge in [-0.3, -0.25) is 4.79 Å². The minimum absolute atomic E-state index is 0.384. The third-order valence-electron chi connectivity index (χ3n) is 2.27. The monoisotopic (exact) mass is 315 g/mol. The number of aromatic nitrogens is 1. The summed E-state index contributed by atoms with van der Waals surface area (Å²) in [4.78, 5) is 14.3. The summed E-state index contributed by atoms with van der Waals surface area (Å²) in [7, 11) is 2.06. The van der Waals surface area contributed by atoms with E-state index in [2.05, 4.69) is 14.5 Å². The molecule has 1 aromatic rings. The number of hydrogen-bond acceptors (Lipinski definition) is 5. The number of pyridine rings is 1. The fourth-order valence-corrected chi connectivity index (χ4v) is 1.41. The van der Waals surface area contributed by atoms with Crippen LogP contribution in [0.3, 0.4) is 0 Å². The van der Waals surface area contributed by atoms with Crippen molar-refractivity contribution in [3.05, 3.63) is 17.3 Å². The minimum atomic E-state index is -5.16. The zero-order valence-corrected chi connectivity index (χ0v) is 10.8. The van der Waals surface area contributed by atoms with Crippen LogP contribution in [0.4, 0.5) is 22.0 Å². The van der Waals surface area contributed by atoms with Crippen molar-refractivity contribution >= 4 is 5.97 Å². The third-order valence-corrected chi connectivity index (χ3v) is 2.27. The molecule has 0 bridgehead atoms. The number of esters is 1. The van der Waals surface area contributed by atoms with Crippen LogP contribution < -0.4 is 9.47 Å². The Bertz CT molecular complexity index is 518. The predicted molar refractivity (Wildman–Crippen MR) is 58.1 cm³/mol. The van der Waals surface area contributed by atoms with Crippen molar-refractivity contribution in [1.29, 1.82) is 0 Å². The maximum absolute atomic E-state index is 12.6. The molecule has 0 aliphatic rings. The Hall–Kier alpha value is -2.13. The van der Waals surface area contributed by atoms with Gasteiger partial charge in [-0.05, 0) is 0 Å². The van der Waals surface area contributed by atoms with Crippen molar-refractivity contribution in [1.82, 2.24) is 4.98 Å². The molecule has 5 nitrogen and oxygen atoms in total. The number of hydrogen-bond donors (Lipinski definition) is 0. The minimum Gasteiger partial charge on any atom is -0.496 e. The Morgan fingerprint density at radius 3 is 2.38 bits per heavy atom. The van der Waals surface area contributed by atoms with E-state index >= 15 is 0 Å². The van der Waals surface area contributed by atoms with Crippen LogP contribution >= 0.6 is 0 Å². The number of halogens is 5. The normalized spacial score (nSPS) is 11.4. The summed E-state index contributed by atoms with van der Waals surface area (Å²) < 4.78 is 74.7. The second-order valence-electron chi connectivity index (χ2n) is 3.63. The number of nitrogens with zero attached hydrogens (tertiary/aromatic N) is 1. The molecule has 0 aliphatic heterocycles. The summed E-state index contributed by atoms with van der Waals surface area (Å²) in [6.07, 6.45) is -8.98. The Morgan fingerprint density at radius 1 is 1.33 bits per heavy atom. The van der Waals surface area contributed by atoms with E-state index in [0.29, 0.717) is 0 Å². The molecule has 1 heterocycles. The van der Waals surface area contributed by atoms with E-state index in [1.807, 2.05) is 0 Å². The zero-order valence-electron chi connectivity index (χ0n) is 10.8. The molecule has 1 aromatic heterocycles. The number of carbonyl (C=O) groups excluding carboxylic acids is 1. The van der Waals surface area contributed by atoms with Gasteiger partial charge in [-0.25, -0.2) is 13.8 Å². The molecule has 21 heavy (non-hydrogen) atoms. The lowest BCUT2D eigenvalue weighted by Gasteiger charge is -2.16. The van der Waals surface area contributed by atoms with E-state index in [1.54, 1.807) is 0 Å². The molecule has 0 aromatic carbocycles. The highest BCUT2D eigenvalue weighted by molar-refractivity contribution is 5.74. The van der Waals surface area contributed by atoms with E-state index in [1.165, 1.54) is 0 Å². The highest BCUT2D eigenvalue weighted by Gasteiger charge is 2.35. The Morgan fingerprint density at radius 2 is 1.95 bits per heavy atom. The van der Waals surface area contributed by atoms with Crippen LogP contribution in [0.5, 0.6) is 11.6 Å². The molecule has 0 radical (unpaired) electrons. The molecular weight excluding hydrogens is 305 g/mol. The van der Waals surface area contributed by atoms with Crippen LogP contribution in [0.1, 0.15) is 17.7 Å². The van der Waals surface area contributed by atoms with Crippen LogP contribution in [0.15, 0.2) is 6.07 Å². The maximum atomic E-state index is 12.6. The predicted octanol–water partition coefficient (Wildman–Crippen LogP) is 2.64. The summed E-state index contributed by atoms with van der Waals surface area (Å²) in [5.74, 6) is -2.47. The van der Waals surface area contributed by atoms with Crippen molar-refractivity contribution < 1.29 is 41.0 Å². The molecule has 0 atom stereocenters. The second kappa shape index (κ2) is 6.55. The Labute approximate surface area is 115 Å². The first-order valence-electron chi connectivity index (χ1n) is 5.36. The van der Waals surface area contributed by atoms with Crippen molar-refractivity contribution in [2.24, 2.45) is 0 Å². The van der Waals surface area contributed by atoms with E-state index in [9.17, 15) is 26.7 Å². The molecule has 0 spiro atoms. The summed E-state index contributed by atoms with van der Waals surface area (Å²) in [5, 5.41) is 0. The lowest BCUT2D eigenvalue weighted by molar-refractivity contribution is -0.276. The fraction of sp³-hybridized carbons (Fsp3) is 0.455. The van der Waals surface area contributed by atoms with E-state index in [0.717, 1.165) is 20.3 Å². The van der Waals surface area contributed by atoms with Gasteiger partial charge in [0.15, 0.2) is 0 Å². The van der Waals surface area contributed by atoms with Gasteiger partial charge in [-0.2, -0.15) is 0 Å². The van der Waals surface area contributed by atoms with Gasteiger partial charge in [0.05, 0.1) is 26.2 Å². The highest BCUT2D eigenvalue weighted by atomic mass is 19.4. The van der Waals surface area contributed by atoms with E-state index < -0.39 is 42.3 Å². The zero-order chi connectivity index (χ0) is 16.2. The van der Waals surface area contributed by atoms with Gasteiger partial charge in [-0.15, -0.1) is 13.2 Å². The van der Waals surface area contributed by atoms with Crippen molar-refractivity contribution in [2.45, 2.75) is 19.2 Å². The molecule has 1 rings (SSSR count). The third kappa shape index (κ3) is 4.72. The Kier molecular flexibility index (Phi) is 5.28. The quantitative estimate of drug-likeness (QED) is 0.617. The molecule has 0 amide bonds. The molecule has 10 heteroatoms. The van der Waals surface area contributed by atoms with E-state index in [-0.39, 0.29) is 5.75 Å². The SMILES string of the molecule is COC(=O)Cc1c(OC)cc(C(F)F)nc1OC(F)(F)F. The molecule has 0 N–H and O–H groups in total. The van der Waals surface area contributed by atoms with Gasteiger partial charge in [0.1, 0.15) is 11.4 Å². The average Bonchev–Trinajstić information content (AvgIpc) is 2.38. The first kappa shape index (κ1) is 16.9. The maximum Gasteiger partial charge on any atom is 0.574 e. The number of rotatable bonds is 5. The number of alkyl halides is 5. The first-order chi connectivity index (χ1) is 9.67. The van der Waals surface area contributed by atoms with E-state index in [4.69, 9.17) is 4.74 Å². The summed E-state index contributed by atoms with van der Waals surface area (Å²) in [6, 6.07) is 0.728. The van der Waals surface area contributed by atoms with Crippen LogP contribution in [0, 0.1) is 0 Å². The summed E-state index contributed by atoms with van der Waals surface area (Å²) in [6.45, 7) is 0. The molecule has 0 fully saturated rings. The lowest BCUT2D eigenvalue weighted by Crippen LogP contribution is -2.21. The standard InChI is InChI=1S/C11H10F5NO4/c1-19-7-4-6(9(12)13)17-10(21-11(14,15)16)5(7)3-8(18)20-2/h4,9H,3H2,1-2H3. The van der Waals surface area contributed by atoms with Gasteiger partial charge in [0.2, 0.25) is 5.88 Å². The molecule has 0 aliphatic carbocycles. The summed E-state index contributed by atoms with van der Waals surface area (Å²) >= 11 is 0.